The molecule has 0 atom stereocenters. The predicted octanol–water partition coefficient (Wildman–Crippen LogP) is 6.71. The van der Waals surface area contributed by atoms with Crippen molar-refractivity contribution in [2.75, 3.05) is 35.8 Å². The van der Waals surface area contributed by atoms with Gasteiger partial charge in [-0.05, 0) is 73.7 Å². The molecule has 3 aromatic rings. The predicted molar refractivity (Wildman–Crippen MR) is 162 cm³/mol. The van der Waals surface area contributed by atoms with Crippen molar-refractivity contribution in [3.8, 4) is 0 Å². The molecule has 2 fully saturated rings. The van der Waals surface area contributed by atoms with Crippen molar-refractivity contribution in [3.63, 3.8) is 0 Å². The molecule has 5 rings (SSSR count). The van der Waals surface area contributed by atoms with Crippen LogP contribution in [0.25, 0.3) is 0 Å². The van der Waals surface area contributed by atoms with Gasteiger partial charge in [-0.3, -0.25) is 14.5 Å². The lowest BCUT2D eigenvalue weighted by atomic mass is 10.0. The van der Waals surface area contributed by atoms with Crippen LogP contribution in [0.15, 0.2) is 70.6 Å². The highest BCUT2D eigenvalue weighted by Crippen LogP contribution is 2.31. The highest BCUT2D eigenvalue weighted by atomic mass is 32.2. The number of carbonyl (C=O) groups is 1. The van der Waals surface area contributed by atoms with Gasteiger partial charge in [-0.25, -0.2) is 17.2 Å². The third-order valence-corrected chi connectivity index (χ3v) is 9.42. The summed E-state index contributed by atoms with van der Waals surface area (Å²) in [6, 6.07) is 14.8. The van der Waals surface area contributed by atoms with E-state index in [-0.39, 0.29) is 16.5 Å². The van der Waals surface area contributed by atoms with Gasteiger partial charge in [0.05, 0.1) is 11.4 Å². The normalized spacial score (nSPS) is 16.9. The van der Waals surface area contributed by atoms with Crippen LogP contribution in [0.1, 0.15) is 54.4 Å². The van der Waals surface area contributed by atoms with E-state index in [1.807, 2.05) is 19.2 Å². The van der Waals surface area contributed by atoms with Gasteiger partial charge in [0.25, 0.3) is 15.9 Å². The summed E-state index contributed by atoms with van der Waals surface area (Å²) in [7, 11) is -3.94. The monoisotopic (exact) mass is 594 g/mol. The van der Waals surface area contributed by atoms with E-state index >= 15 is 0 Å². The van der Waals surface area contributed by atoms with Crippen molar-refractivity contribution in [1.82, 2.24) is 4.90 Å². The summed E-state index contributed by atoms with van der Waals surface area (Å²) in [5, 5.41) is 0. The molecule has 3 aromatic carbocycles. The zero-order valence-corrected chi connectivity index (χ0v) is 24.5. The topological polar surface area (TPSA) is 82.1 Å². The maximum Gasteiger partial charge on any atom is 0.264 e. The van der Waals surface area contributed by atoms with Crippen LogP contribution >= 0.6 is 0 Å². The second-order valence-electron chi connectivity index (χ2n) is 11.0. The number of hydrogen-bond acceptors (Lipinski definition) is 5. The lowest BCUT2D eigenvalue weighted by Crippen LogP contribution is -2.49. The molecular formula is C32H36F2N4O3S. The van der Waals surface area contributed by atoms with Gasteiger partial charge >= 0.3 is 0 Å². The van der Waals surface area contributed by atoms with Crippen LogP contribution in [0.2, 0.25) is 0 Å². The van der Waals surface area contributed by atoms with Gasteiger partial charge in [-0.1, -0.05) is 37.8 Å². The van der Waals surface area contributed by atoms with E-state index < -0.39 is 21.7 Å². The van der Waals surface area contributed by atoms with Gasteiger partial charge in [0.15, 0.2) is 0 Å². The lowest BCUT2D eigenvalue weighted by Gasteiger charge is -2.36. The lowest BCUT2D eigenvalue weighted by molar-refractivity contribution is 0.0746. The Morgan fingerprint density at radius 3 is 2.31 bits per heavy atom. The third kappa shape index (κ3) is 6.98. The average Bonchev–Trinajstić information content (AvgIpc) is 3.26. The fraction of sp³-hybridized carbons (Fsp3) is 0.375. The Hall–Kier alpha value is -3.79. The van der Waals surface area contributed by atoms with E-state index in [0.29, 0.717) is 49.0 Å². The number of aryl methyl sites for hydroxylation is 1. The number of sulfonamides is 1. The largest absolute Gasteiger partial charge is 0.366 e. The van der Waals surface area contributed by atoms with E-state index in [2.05, 4.69) is 9.71 Å². The first kappa shape index (κ1) is 29.7. The molecule has 0 bridgehead atoms. The second kappa shape index (κ2) is 13.0. The fourth-order valence-electron chi connectivity index (χ4n) is 5.61. The molecule has 1 saturated heterocycles. The zero-order valence-electron chi connectivity index (χ0n) is 23.7. The van der Waals surface area contributed by atoms with Crippen molar-refractivity contribution in [1.29, 1.82) is 0 Å². The number of para-hydroxylation sites is 1. The minimum absolute atomic E-state index is 0.111. The fourth-order valence-corrected chi connectivity index (χ4v) is 6.89. The second-order valence-corrected chi connectivity index (χ2v) is 12.7. The molecule has 0 radical (unpaired) electrons. The van der Waals surface area contributed by atoms with Gasteiger partial charge in [0, 0.05) is 49.7 Å². The average molecular weight is 595 g/mol. The molecule has 1 heterocycles. The molecular weight excluding hydrogens is 558 g/mol. The quantitative estimate of drug-likeness (QED) is 0.244. The van der Waals surface area contributed by atoms with E-state index in [9.17, 15) is 22.0 Å². The number of hydrogen-bond donors (Lipinski definition) is 1. The Morgan fingerprint density at radius 1 is 0.929 bits per heavy atom. The summed E-state index contributed by atoms with van der Waals surface area (Å²) < 4.78 is 57.3. The van der Waals surface area contributed by atoms with Gasteiger partial charge in [0.1, 0.15) is 16.5 Å². The molecule has 1 aliphatic heterocycles. The number of nitrogens with zero attached hydrogens (tertiary/aromatic N) is 3. The molecule has 222 valence electrons. The highest BCUT2D eigenvalue weighted by molar-refractivity contribution is 7.92. The first-order valence-corrected chi connectivity index (χ1v) is 16.0. The summed E-state index contributed by atoms with van der Waals surface area (Å²) in [5.74, 6) is -0.871. The summed E-state index contributed by atoms with van der Waals surface area (Å²) in [5.41, 5.74) is 2.15. The first-order chi connectivity index (χ1) is 20.2. The van der Waals surface area contributed by atoms with Crippen molar-refractivity contribution in [2.24, 2.45) is 10.9 Å². The number of piperazine rings is 1. The number of aliphatic imine (C=N–C) groups is 1. The number of carbonyl (C=O) groups excluding carboxylic acids is 1. The Kier molecular flexibility index (Phi) is 9.21. The number of anilines is 2. The molecule has 1 amide bonds. The van der Waals surface area contributed by atoms with Crippen molar-refractivity contribution >= 4 is 39.2 Å². The van der Waals surface area contributed by atoms with Crippen LogP contribution < -0.4 is 9.62 Å². The van der Waals surface area contributed by atoms with Crippen molar-refractivity contribution in [2.45, 2.75) is 50.3 Å². The van der Waals surface area contributed by atoms with E-state index in [0.717, 1.165) is 36.6 Å². The zero-order chi connectivity index (χ0) is 29.7. The minimum atomic E-state index is -3.94. The molecule has 10 heteroatoms. The maximum absolute atomic E-state index is 14.2. The Labute approximate surface area is 246 Å². The molecule has 7 nitrogen and oxygen atoms in total. The van der Waals surface area contributed by atoms with Crippen molar-refractivity contribution in [3.05, 3.63) is 83.4 Å². The molecule has 0 spiro atoms. The molecule has 0 aromatic heterocycles. The maximum atomic E-state index is 14.2. The van der Waals surface area contributed by atoms with E-state index in [1.54, 1.807) is 46.2 Å². The molecule has 0 unspecified atom stereocenters. The van der Waals surface area contributed by atoms with Crippen LogP contribution in [0.4, 0.5) is 25.8 Å². The van der Waals surface area contributed by atoms with Gasteiger partial charge in [-0.2, -0.15) is 0 Å². The van der Waals surface area contributed by atoms with Crippen LogP contribution in [0.5, 0.6) is 0 Å². The van der Waals surface area contributed by atoms with Crippen LogP contribution in [0.3, 0.4) is 0 Å². The van der Waals surface area contributed by atoms with Crippen LogP contribution in [0, 0.1) is 24.5 Å². The Bertz CT molecular complexity index is 1540. The number of halogens is 2. The Morgan fingerprint density at radius 2 is 1.62 bits per heavy atom. The summed E-state index contributed by atoms with van der Waals surface area (Å²) >= 11 is 0. The highest BCUT2D eigenvalue weighted by Gasteiger charge is 2.25. The van der Waals surface area contributed by atoms with Gasteiger partial charge in [-0.15, -0.1) is 0 Å². The summed E-state index contributed by atoms with van der Waals surface area (Å²) in [6.07, 6.45) is 8.86. The minimum Gasteiger partial charge on any atom is -0.366 e. The smallest absolute Gasteiger partial charge is 0.264 e. The van der Waals surface area contributed by atoms with Gasteiger partial charge in [0.2, 0.25) is 0 Å². The third-order valence-electron chi connectivity index (χ3n) is 8.00. The van der Waals surface area contributed by atoms with Crippen molar-refractivity contribution < 1.29 is 22.0 Å². The first-order valence-electron chi connectivity index (χ1n) is 14.5. The number of nitrogens with one attached hydrogen (secondary N) is 1. The molecule has 1 saturated carbocycles. The SMILES string of the molecule is Cc1cccc(S(=O)(=O)Nc2ccc(C(=O)N3CCN(c4cc(F)ccc4F)CC3)cc2)c1N=CC1CCCCCC1. The van der Waals surface area contributed by atoms with Gasteiger partial charge < -0.3 is 9.80 Å². The number of benzene rings is 3. The number of rotatable bonds is 7. The summed E-state index contributed by atoms with van der Waals surface area (Å²) in [6.45, 7) is 3.28. The van der Waals surface area contributed by atoms with Crippen LogP contribution in [-0.2, 0) is 10.0 Å². The Balaban J connectivity index is 1.24. The standard InChI is InChI=1S/C32H36F2N4O3S/c1-23-7-6-10-30(31(23)35-22-24-8-4-2-3-5-9-24)42(40,41)36-27-14-11-25(12-15-27)32(39)38-19-17-37(18-20-38)29-21-26(33)13-16-28(29)34/h6-7,10-16,21-22,24,36H,2-5,8-9,17-20H2,1H3. The molecule has 2 aliphatic rings. The molecule has 42 heavy (non-hydrogen) atoms. The number of amides is 1. The molecule has 1 N–H and O–H groups in total. The molecule has 1 aliphatic carbocycles. The van der Waals surface area contributed by atoms with Crippen LogP contribution in [-0.4, -0.2) is 51.6 Å². The summed E-state index contributed by atoms with van der Waals surface area (Å²) in [4.78, 5) is 21.3. The van der Waals surface area contributed by atoms with E-state index in [4.69, 9.17) is 0 Å². The van der Waals surface area contributed by atoms with E-state index in [1.165, 1.54) is 25.7 Å².